The summed E-state index contributed by atoms with van der Waals surface area (Å²) >= 11 is 14.0. The van der Waals surface area contributed by atoms with Crippen molar-refractivity contribution in [3.05, 3.63) is 81.8 Å². The summed E-state index contributed by atoms with van der Waals surface area (Å²) in [7, 11) is 2.92. The van der Waals surface area contributed by atoms with E-state index in [0.29, 0.717) is 68.8 Å². The quantitative estimate of drug-likeness (QED) is 0.160. The maximum atomic E-state index is 12.8. The molecule has 0 spiro atoms. The minimum absolute atomic E-state index is 0.0393. The number of carbonyl (C=O) groups is 2. The first-order valence-electron chi connectivity index (χ1n) is 14.1. The number of nitrogens with zero attached hydrogens (tertiary/aromatic N) is 2. The number of carbonyl (C=O) groups excluding carboxylic acids is 2. The molecule has 2 heterocycles. The van der Waals surface area contributed by atoms with Crippen LogP contribution in [0.5, 0.6) is 11.8 Å². The molecular formula is C33H35Cl2N5O4. The summed E-state index contributed by atoms with van der Waals surface area (Å²) in [5.41, 5.74) is 15.7. The Bertz CT molecular complexity index is 1560. The smallest absolute Gasteiger partial charge is 0.257 e. The fraction of sp³-hybridized carbons (Fsp3) is 0.273. The van der Waals surface area contributed by atoms with Crippen molar-refractivity contribution in [1.29, 1.82) is 0 Å². The Morgan fingerprint density at radius 1 is 0.750 bits per heavy atom. The molecule has 0 aliphatic carbocycles. The molecule has 0 radical (unpaired) electrons. The van der Waals surface area contributed by atoms with Gasteiger partial charge in [0.05, 0.1) is 41.2 Å². The third-order valence-electron chi connectivity index (χ3n) is 7.16. The number of hydrogen-bond acceptors (Lipinski definition) is 8. The highest BCUT2D eigenvalue weighted by molar-refractivity contribution is 6.39. The predicted octanol–water partition coefficient (Wildman–Crippen LogP) is 6.05. The fourth-order valence-electron chi connectivity index (χ4n) is 4.62. The lowest BCUT2D eigenvalue weighted by atomic mass is 9.97. The van der Waals surface area contributed by atoms with Crippen molar-refractivity contribution in [2.24, 2.45) is 17.4 Å². The van der Waals surface area contributed by atoms with E-state index in [1.165, 1.54) is 14.2 Å². The van der Waals surface area contributed by atoms with Gasteiger partial charge in [0.15, 0.2) is 5.78 Å². The number of Topliss-reactive ketones (excluding diaryl/α,β-unsaturated/α-hetero) is 1. The van der Waals surface area contributed by atoms with Crippen LogP contribution in [0, 0.1) is 5.92 Å². The molecule has 0 saturated carbocycles. The summed E-state index contributed by atoms with van der Waals surface area (Å²) in [5, 5.41) is 3.65. The highest BCUT2D eigenvalue weighted by Crippen LogP contribution is 2.42. The Morgan fingerprint density at radius 3 is 1.70 bits per heavy atom. The molecule has 44 heavy (non-hydrogen) atoms. The largest absolute Gasteiger partial charge is 0.480 e. The number of amides is 1. The van der Waals surface area contributed by atoms with E-state index in [0.717, 1.165) is 0 Å². The first-order valence-corrected chi connectivity index (χ1v) is 14.8. The zero-order valence-corrected chi connectivity index (χ0v) is 26.5. The van der Waals surface area contributed by atoms with E-state index in [4.69, 9.17) is 44.1 Å². The predicted molar refractivity (Wildman–Crippen MR) is 175 cm³/mol. The summed E-state index contributed by atoms with van der Waals surface area (Å²) in [6, 6.07) is 17.7. The lowest BCUT2D eigenvalue weighted by Gasteiger charge is -2.16. The van der Waals surface area contributed by atoms with E-state index in [1.807, 2.05) is 50.2 Å². The minimum Gasteiger partial charge on any atom is -0.480 e. The van der Waals surface area contributed by atoms with Crippen molar-refractivity contribution in [1.82, 2.24) is 15.3 Å². The maximum Gasteiger partial charge on any atom is 0.257 e. The second kappa shape index (κ2) is 14.6. The molecule has 1 amide bonds. The molecule has 5 N–H and O–H groups in total. The average molecular weight is 637 g/mol. The summed E-state index contributed by atoms with van der Waals surface area (Å²) in [4.78, 5) is 34.7. The van der Waals surface area contributed by atoms with Gasteiger partial charge in [0.1, 0.15) is 5.56 Å². The Balaban J connectivity index is 1.72. The monoisotopic (exact) mass is 635 g/mol. The van der Waals surface area contributed by atoms with Gasteiger partial charge >= 0.3 is 0 Å². The molecule has 9 nitrogen and oxygen atoms in total. The molecule has 0 fully saturated rings. The third kappa shape index (κ3) is 7.03. The normalized spacial score (nSPS) is 12.4. The van der Waals surface area contributed by atoms with Crippen LogP contribution >= 0.6 is 23.2 Å². The summed E-state index contributed by atoms with van der Waals surface area (Å²) in [6.07, 6.45) is 0.295. The van der Waals surface area contributed by atoms with E-state index in [1.54, 1.807) is 24.3 Å². The van der Waals surface area contributed by atoms with Crippen LogP contribution in [0.25, 0.3) is 33.6 Å². The molecule has 4 rings (SSSR count). The second-order valence-corrected chi connectivity index (χ2v) is 11.2. The van der Waals surface area contributed by atoms with Crippen LogP contribution in [0.1, 0.15) is 41.0 Å². The van der Waals surface area contributed by atoms with Gasteiger partial charge in [0.2, 0.25) is 11.8 Å². The molecule has 0 unspecified atom stereocenters. The molecule has 0 aliphatic heterocycles. The summed E-state index contributed by atoms with van der Waals surface area (Å²) in [5.74, 6) is -0.0169. The van der Waals surface area contributed by atoms with Crippen LogP contribution < -0.4 is 26.3 Å². The number of methoxy groups -OCH3 is 2. The number of nitrogens with one attached hydrogen (secondary N) is 1. The molecule has 0 saturated heterocycles. The van der Waals surface area contributed by atoms with Crippen LogP contribution in [-0.2, 0) is 0 Å². The number of hydrogen-bond donors (Lipinski definition) is 3. The Hall–Kier alpha value is -4.02. The van der Waals surface area contributed by atoms with Gasteiger partial charge in [-0.2, -0.15) is 0 Å². The molecule has 2 atom stereocenters. The molecule has 230 valence electrons. The molecule has 11 heteroatoms. The molecule has 2 aromatic carbocycles. The summed E-state index contributed by atoms with van der Waals surface area (Å²) in [6.45, 7) is 4.44. The fourth-order valence-corrected chi connectivity index (χ4v) is 5.27. The average Bonchev–Trinajstić information content (AvgIpc) is 3.04. The zero-order chi connectivity index (χ0) is 32.0. The number of pyridine rings is 2. The minimum atomic E-state index is -0.338. The molecule has 4 aromatic rings. The molecule has 0 bridgehead atoms. The van der Waals surface area contributed by atoms with Crippen molar-refractivity contribution in [2.75, 3.05) is 27.3 Å². The molecular weight excluding hydrogens is 601 g/mol. The van der Waals surface area contributed by atoms with Crippen LogP contribution in [-0.4, -0.2) is 55.0 Å². The second-order valence-electron chi connectivity index (χ2n) is 10.4. The highest BCUT2D eigenvalue weighted by atomic mass is 35.5. The number of halogens is 2. The van der Waals surface area contributed by atoms with Gasteiger partial charge in [-0.1, -0.05) is 66.5 Å². The van der Waals surface area contributed by atoms with E-state index in [-0.39, 0.29) is 41.0 Å². The van der Waals surface area contributed by atoms with Gasteiger partial charge in [-0.25, -0.2) is 9.97 Å². The van der Waals surface area contributed by atoms with Crippen molar-refractivity contribution < 1.29 is 19.1 Å². The van der Waals surface area contributed by atoms with Crippen LogP contribution in [0.2, 0.25) is 10.0 Å². The number of ketones is 1. The van der Waals surface area contributed by atoms with Crippen molar-refractivity contribution in [3.63, 3.8) is 0 Å². The van der Waals surface area contributed by atoms with Gasteiger partial charge < -0.3 is 26.3 Å². The summed E-state index contributed by atoms with van der Waals surface area (Å²) < 4.78 is 10.9. The van der Waals surface area contributed by atoms with Gasteiger partial charge in [-0.3, -0.25) is 9.59 Å². The Labute approximate surface area is 266 Å². The SMILES string of the molecule is COc1nc(-c2cccc(-c3cccc(-c4ccc(C(=O)N[C@H](C)CN)c(OC)n4)c3Cl)c2Cl)ccc1C(=O)C[C@H](C)CN. The maximum absolute atomic E-state index is 12.8. The van der Waals surface area contributed by atoms with Crippen molar-refractivity contribution in [2.45, 2.75) is 26.3 Å². The third-order valence-corrected chi connectivity index (χ3v) is 7.97. The number of benzene rings is 2. The topological polar surface area (TPSA) is 142 Å². The molecule has 0 aliphatic rings. The van der Waals surface area contributed by atoms with Gasteiger partial charge in [-0.15, -0.1) is 0 Å². The van der Waals surface area contributed by atoms with E-state index < -0.39 is 0 Å². The van der Waals surface area contributed by atoms with E-state index in [9.17, 15) is 9.59 Å². The first-order chi connectivity index (χ1) is 21.1. The standard InChI is InChI=1S/C33H35Cl2N5O4/c1-18(16-36)15-28(41)24-11-13-26(39-32(24)43-3)22-9-5-7-20(29(22)34)21-8-6-10-23(30(21)35)27-14-12-25(33(40-27)44-4)31(42)38-19(2)17-37/h5-14,18-19H,15-17,36-37H2,1-4H3,(H,38,42)/t18-,19+/m0/s1. The number of nitrogens with two attached hydrogens (primary N) is 2. The van der Waals surface area contributed by atoms with E-state index in [2.05, 4.69) is 15.3 Å². The van der Waals surface area contributed by atoms with Crippen LogP contribution in [0.4, 0.5) is 0 Å². The first kappa shape index (κ1) is 32.9. The number of aromatic nitrogens is 2. The van der Waals surface area contributed by atoms with E-state index >= 15 is 0 Å². The van der Waals surface area contributed by atoms with Gasteiger partial charge in [0.25, 0.3) is 5.91 Å². The lowest BCUT2D eigenvalue weighted by Crippen LogP contribution is -2.38. The van der Waals surface area contributed by atoms with Gasteiger partial charge in [-0.05, 0) is 43.7 Å². The molecule has 2 aromatic heterocycles. The van der Waals surface area contributed by atoms with Crippen LogP contribution in [0.15, 0.2) is 60.7 Å². The van der Waals surface area contributed by atoms with Crippen molar-refractivity contribution >= 4 is 34.9 Å². The van der Waals surface area contributed by atoms with Crippen LogP contribution in [0.3, 0.4) is 0 Å². The van der Waals surface area contributed by atoms with Crippen molar-refractivity contribution in [3.8, 4) is 45.4 Å². The number of rotatable bonds is 12. The number of ether oxygens (including phenoxy) is 2. The highest BCUT2D eigenvalue weighted by Gasteiger charge is 2.21. The Morgan fingerprint density at radius 2 is 1.23 bits per heavy atom. The lowest BCUT2D eigenvalue weighted by molar-refractivity contribution is 0.0934. The van der Waals surface area contributed by atoms with Gasteiger partial charge in [0, 0.05) is 41.3 Å². The Kier molecular flexibility index (Phi) is 10.9. The zero-order valence-electron chi connectivity index (χ0n) is 25.0.